The topological polar surface area (TPSA) is 29.5 Å². The maximum absolute atomic E-state index is 13.4. The van der Waals surface area contributed by atoms with E-state index in [0.29, 0.717) is 30.3 Å². The Balaban J connectivity index is 1.95. The third kappa shape index (κ3) is 3.65. The van der Waals surface area contributed by atoms with Crippen LogP contribution in [0.3, 0.4) is 0 Å². The smallest absolute Gasteiger partial charge is 0.251 e. The van der Waals surface area contributed by atoms with Crippen molar-refractivity contribution in [2.24, 2.45) is 0 Å². The highest BCUT2D eigenvalue weighted by Crippen LogP contribution is 2.47. The highest BCUT2D eigenvalue weighted by Gasteiger charge is 2.36. The summed E-state index contributed by atoms with van der Waals surface area (Å²) in [5, 5.41) is 0. The molecule has 3 nitrogen and oxygen atoms in total. The number of piperidine rings is 1. The molecular formula is C18H23F2NO2. The van der Waals surface area contributed by atoms with Crippen molar-refractivity contribution < 1.29 is 18.3 Å². The quantitative estimate of drug-likeness (QED) is 0.752. The molecule has 1 aliphatic heterocycles. The Morgan fingerprint density at radius 2 is 1.91 bits per heavy atom. The fourth-order valence-corrected chi connectivity index (χ4v) is 3.12. The standard InChI is InChI=1S/C18H23F2NO2/c1-12(2)23-17-10-16(21-7-5-18(19,20)6-8-21)15(13-3-4-13)9-14(17)11-22/h9-13H,3-8H2,1-2H3. The van der Waals surface area contributed by atoms with Gasteiger partial charge in [0.05, 0.1) is 11.7 Å². The lowest BCUT2D eigenvalue weighted by molar-refractivity contribution is -0.0220. The summed E-state index contributed by atoms with van der Waals surface area (Å²) in [4.78, 5) is 13.4. The van der Waals surface area contributed by atoms with E-state index in [-0.39, 0.29) is 18.9 Å². The van der Waals surface area contributed by atoms with Gasteiger partial charge in [-0.05, 0) is 44.2 Å². The molecule has 2 fully saturated rings. The molecule has 5 heteroatoms. The number of rotatable bonds is 5. The summed E-state index contributed by atoms with van der Waals surface area (Å²) in [6.07, 6.45) is 2.73. The molecule has 126 valence electrons. The second-order valence-electron chi connectivity index (χ2n) is 6.85. The molecule has 1 saturated carbocycles. The average Bonchev–Trinajstić information content (AvgIpc) is 3.31. The van der Waals surface area contributed by atoms with Gasteiger partial charge in [-0.25, -0.2) is 8.78 Å². The summed E-state index contributed by atoms with van der Waals surface area (Å²) in [6.45, 7) is 4.50. The van der Waals surface area contributed by atoms with Gasteiger partial charge in [-0.3, -0.25) is 4.79 Å². The maximum atomic E-state index is 13.4. The number of alkyl halides is 2. The maximum Gasteiger partial charge on any atom is 0.251 e. The van der Waals surface area contributed by atoms with E-state index in [1.165, 1.54) is 0 Å². The minimum absolute atomic E-state index is 0.0426. The van der Waals surface area contributed by atoms with Gasteiger partial charge < -0.3 is 9.64 Å². The molecule has 0 N–H and O–H groups in total. The number of hydrogen-bond donors (Lipinski definition) is 0. The molecule has 0 aromatic heterocycles. The molecular weight excluding hydrogens is 300 g/mol. The number of aldehydes is 1. The van der Waals surface area contributed by atoms with Crippen LogP contribution >= 0.6 is 0 Å². The molecule has 1 heterocycles. The predicted octanol–water partition coefficient (Wildman–Crippen LogP) is 4.40. The van der Waals surface area contributed by atoms with Crippen molar-refractivity contribution in [1.29, 1.82) is 0 Å². The second kappa shape index (κ2) is 6.10. The number of nitrogens with zero attached hydrogens (tertiary/aromatic N) is 1. The summed E-state index contributed by atoms with van der Waals surface area (Å²) in [6, 6.07) is 3.77. The van der Waals surface area contributed by atoms with Crippen LogP contribution in [0.15, 0.2) is 12.1 Å². The van der Waals surface area contributed by atoms with E-state index >= 15 is 0 Å². The van der Waals surface area contributed by atoms with Gasteiger partial charge in [0.2, 0.25) is 0 Å². The zero-order valence-electron chi connectivity index (χ0n) is 13.6. The average molecular weight is 323 g/mol. The summed E-state index contributed by atoms with van der Waals surface area (Å²) < 4.78 is 32.6. The van der Waals surface area contributed by atoms with Gasteiger partial charge in [0.25, 0.3) is 5.92 Å². The van der Waals surface area contributed by atoms with E-state index in [4.69, 9.17) is 4.74 Å². The van der Waals surface area contributed by atoms with Gasteiger partial charge in [0.15, 0.2) is 6.29 Å². The molecule has 1 aromatic rings. The Kier molecular flexibility index (Phi) is 4.30. The van der Waals surface area contributed by atoms with Gasteiger partial charge >= 0.3 is 0 Å². The summed E-state index contributed by atoms with van der Waals surface area (Å²) in [7, 11) is 0. The Bertz CT molecular complexity index is 587. The fraction of sp³-hybridized carbons (Fsp3) is 0.611. The van der Waals surface area contributed by atoms with Crippen LogP contribution in [0, 0.1) is 0 Å². The SMILES string of the molecule is CC(C)Oc1cc(N2CCC(F)(F)CC2)c(C2CC2)cc1C=O. The van der Waals surface area contributed by atoms with Crippen LogP contribution in [-0.4, -0.2) is 31.4 Å². The molecule has 2 aliphatic rings. The number of benzene rings is 1. The second-order valence-corrected chi connectivity index (χ2v) is 6.85. The van der Waals surface area contributed by atoms with Crippen LogP contribution < -0.4 is 9.64 Å². The largest absolute Gasteiger partial charge is 0.490 e. The number of carbonyl (C=O) groups excluding carboxylic acids is 1. The number of anilines is 1. The van der Waals surface area contributed by atoms with Gasteiger partial charge in [0.1, 0.15) is 5.75 Å². The summed E-state index contributed by atoms with van der Waals surface area (Å²) in [5.41, 5.74) is 2.62. The molecule has 0 bridgehead atoms. The van der Waals surface area contributed by atoms with Crippen molar-refractivity contribution in [2.75, 3.05) is 18.0 Å². The Morgan fingerprint density at radius 1 is 1.26 bits per heavy atom. The molecule has 3 rings (SSSR count). The molecule has 1 saturated heterocycles. The molecule has 23 heavy (non-hydrogen) atoms. The summed E-state index contributed by atoms with van der Waals surface area (Å²) >= 11 is 0. The predicted molar refractivity (Wildman–Crippen MR) is 86.0 cm³/mol. The van der Waals surface area contributed by atoms with E-state index in [0.717, 1.165) is 30.4 Å². The zero-order chi connectivity index (χ0) is 16.6. The lowest BCUT2D eigenvalue weighted by Crippen LogP contribution is -2.39. The number of hydrogen-bond acceptors (Lipinski definition) is 3. The molecule has 0 spiro atoms. The van der Waals surface area contributed by atoms with Crippen molar-refractivity contribution in [3.63, 3.8) is 0 Å². The third-order valence-electron chi connectivity index (χ3n) is 4.50. The van der Waals surface area contributed by atoms with Crippen LogP contribution in [0.25, 0.3) is 0 Å². The van der Waals surface area contributed by atoms with Crippen molar-refractivity contribution in [1.82, 2.24) is 0 Å². The van der Waals surface area contributed by atoms with Crippen LogP contribution in [-0.2, 0) is 0 Å². The highest BCUT2D eigenvalue weighted by molar-refractivity contribution is 5.82. The monoisotopic (exact) mass is 323 g/mol. The minimum atomic E-state index is -2.56. The normalized spacial score (nSPS) is 20.7. The first-order chi connectivity index (χ1) is 10.9. The van der Waals surface area contributed by atoms with Gasteiger partial charge in [-0.1, -0.05) is 0 Å². The van der Waals surface area contributed by atoms with Crippen molar-refractivity contribution in [2.45, 2.75) is 57.5 Å². The number of halogens is 2. The molecule has 1 aromatic carbocycles. The lowest BCUT2D eigenvalue weighted by atomic mass is 10.00. The highest BCUT2D eigenvalue weighted by atomic mass is 19.3. The van der Waals surface area contributed by atoms with Crippen molar-refractivity contribution >= 4 is 12.0 Å². The molecule has 0 atom stereocenters. The van der Waals surface area contributed by atoms with Crippen LogP contribution in [0.4, 0.5) is 14.5 Å². The van der Waals surface area contributed by atoms with Crippen molar-refractivity contribution in [3.05, 3.63) is 23.3 Å². The van der Waals surface area contributed by atoms with Crippen LogP contribution in [0.1, 0.15) is 61.4 Å². The van der Waals surface area contributed by atoms with E-state index < -0.39 is 5.92 Å². The zero-order valence-corrected chi connectivity index (χ0v) is 13.6. The minimum Gasteiger partial charge on any atom is -0.490 e. The first-order valence-corrected chi connectivity index (χ1v) is 8.32. The summed E-state index contributed by atoms with van der Waals surface area (Å²) in [5.74, 6) is -1.57. The fourth-order valence-electron chi connectivity index (χ4n) is 3.12. The lowest BCUT2D eigenvalue weighted by Gasteiger charge is -2.35. The molecule has 0 radical (unpaired) electrons. The Hall–Kier alpha value is -1.65. The van der Waals surface area contributed by atoms with E-state index in [2.05, 4.69) is 0 Å². The Morgan fingerprint density at radius 3 is 2.43 bits per heavy atom. The van der Waals surface area contributed by atoms with Crippen LogP contribution in [0.2, 0.25) is 0 Å². The van der Waals surface area contributed by atoms with E-state index in [1.807, 2.05) is 30.9 Å². The van der Waals surface area contributed by atoms with Gasteiger partial charge in [0, 0.05) is 37.7 Å². The molecule has 0 unspecified atom stereocenters. The molecule has 1 aliphatic carbocycles. The third-order valence-corrected chi connectivity index (χ3v) is 4.50. The van der Waals surface area contributed by atoms with Crippen LogP contribution in [0.5, 0.6) is 5.75 Å². The number of ether oxygens (including phenoxy) is 1. The number of carbonyl (C=O) groups is 1. The molecule has 0 amide bonds. The van der Waals surface area contributed by atoms with E-state index in [1.54, 1.807) is 0 Å². The first-order valence-electron chi connectivity index (χ1n) is 8.32. The Labute approximate surface area is 135 Å². The van der Waals surface area contributed by atoms with Crippen molar-refractivity contribution in [3.8, 4) is 5.75 Å². The van der Waals surface area contributed by atoms with Gasteiger partial charge in [-0.15, -0.1) is 0 Å². The van der Waals surface area contributed by atoms with Gasteiger partial charge in [-0.2, -0.15) is 0 Å². The first kappa shape index (κ1) is 16.2. The van der Waals surface area contributed by atoms with E-state index in [9.17, 15) is 13.6 Å².